The van der Waals surface area contributed by atoms with E-state index in [0.29, 0.717) is 18.1 Å². The van der Waals surface area contributed by atoms with Crippen LogP contribution in [-0.4, -0.2) is 46.9 Å². The SMILES string of the molecule is CC(=O)N1C(C)CN(C(C)C)C[C@H]1C. The van der Waals surface area contributed by atoms with Gasteiger partial charge in [0.05, 0.1) is 0 Å². The molecule has 1 aliphatic heterocycles. The van der Waals surface area contributed by atoms with Crippen LogP contribution < -0.4 is 0 Å². The quantitative estimate of drug-likeness (QED) is 0.634. The van der Waals surface area contributed by atoms with E-state index in [1.807, 2.05) is 4.90 Å². The van der Waals surface area contributed by atoms with E-state index in [1.165, 1.54) is 0 Å². The molecule has 0 N–H and O–H groups in total. The fourth-order valence-corrected chi connectivity index (χ4v) is 2.41. The zero-order valence-corrected chi connectivity index (χ0v) is 9.95. The van der Waals surface area contributed by atoms with Gasteiger partial charge < -0.3 is 4.90 Å². The van der Waals surface area contributed by atoms with Crippen molar-refractivity contribution in [1.82, 2.24) is 9.80 Å². The molecule has 1 unspecified atom stereocenters. The van der Waals surface area contributed by atoms with Gasteiger partial charge in [-0.25, -0.2) is 0 Å². The van der Waals surface area contributed by atoms with Crippen LogP contribution in [0.5, 0.6) is 0 Å². The predicted molar refractivity (Wildman–Crippen MR) is 58.2 cm³/mol. The van der Waals surface area contributed by atoms with E-state index in [4.69, 9.17) is 0 Å². The van der Waals surface area contributed by atoms with E-state index in [9.17, 15) is 4.79 Å². The minimum atomic E-state index is 0.202. The molecule has 0 aromatic rings. The minimum absolute atomic E-state index is 0.202. The molecule has 82 valence electrons. The maximum Gasteiger partial charge on any atom is 0.220 e. The average molecular weight is 198 g/mol. The molecular formula is C11H22N2O. The number of hydrogen-bond donors (Lipinski definition) is 0. The normalized spacial score (nSPS) is 29.7. The second kappa shape index (κ2) is 4.30. The van der Waals surface area contributed by atoms with Crippen molar-refractivity contribution in [2.75, 3.05) is 13.1 Å². The molecule has 0 saturated carbocycles. The first-order valence-corrected chi connectivity index (χ1v) is 5.46. The first kappa shape index (κ1) is 11.5. The summed E-state index contributed by atoms with van der Waals surface area (Å²) in [6.07, 6.45) is 0. The lowest BCUT2D eigenvalue weighted by molar-refractivity contribution is -0.137. The van der Waals surface area contributed by atoms with Crippen molar-refractivity contribution in [3.05, 3.63) is 0 Å². The van der Waals surface area contributed by atoms with E-state index in [2.05, 4.69) is 32.6 Å². The summed E-state index contributed by atoms with van der Waals surface area (Å²) in [6, 6.07) is 1.27. The maximum absolute atomic E-state index is 11.4. The summed E-state index contributed by atoms with van der Waals surface area (Å²) >= 11 is 0. The molecular weight excluding hydrogens is 176 g/mol. The van der Waals surface area contributed by atoms with Crippen molar-refractivity contribution in [2.45, 2.75) is 52.7 Å². The summed E-state index contributed by atoms with van der Waals surface area (Å²) in [5.41, 5.74) is 0. The highest BCUT2D eigenvalue weighted by atomic mass is 16.2. The molecule has 1 heterocycles. The van der Waals surface area contributed by atoms with Gasteiger partial charge in [0.25, 0.3) is 0 Å². The van der Waals surface area contributed by atoms with Crippen LogP contribution in [0.25, 0.3) is 0 Å². The lowest BCUT2D eigenvalue weighted by atomic mass is 10.1. The third-order valence-corrected chi connectivity index (χ3v) is 3.04. The molecule has 0 aromatic carbocycles. The smallest absolute Gasteiger partial charge is 0.220 e. The third-order valence-electron chi connectivity index (χ3n) is 3.04. The van der Waals surface area contributed by atoms with Gasteiger partial charge in [0, 0.05) is 38.1 Å². The molecule has 1 saturated heterocycles. The molecule has 0 aromatic heterocycles. The van der Waals surface area contributed by atoms with E-state index >= 15 is 0 Å². The zero-order chi connectivity index (χ0) is 10.9. The molecule has 14 heavy (non-hydrogen) atoms. The first-order valence-electron chi connectivity index (χ1n) is 5.46. The van der Waals surface area contributed by atoms with Crippen molar-refractivity contribution in [3.8, 4) is 0 Å². The van der Waals surface area contributed by atoms with Crippen molar-refractivity contribution >= 4 is 5.91 Å². The lowest BCUT2D eigenvalue weighted by Gasteiger charge is -2.45. The van der Waals surface area contributed by atoms with Crippen LogP contribution in [0.15, 0.2) is 0 Å². The second-order valence-corrected chi connectivity index (χ2v) is 4.67. The highest BCUT2D eigenvalue weighted by molar-refractivity contribution is 5.74. The predicted octanol–water partition coefficient (Wildman–Crippen LogP) is 1.34. The Labute approximate surface area is 87.1 Å². The minimum Gasteiger partial charge on any atom is -0.335 e. The number of piperazine rings is 1. The molecule has 1 amide bonds. The second-order valence-electron chi connectivity index (χ2n) is 4.67. The Morgan fingerprint density at radius 3 is 1.93 bits per heavy atom. The Morgan fingerprint density at radius 1 is 1.21 bits per heavy atom. The van der Waals surface area contributed by atoms with Crippen LogP contribution in [0.2, 0.25) is 0 Å². The standard InChI is InChI=1S/C11H22N2O/c1-8(2)12-6-9(3)13(11(5)14)10(4)7-12/h8-10H,6-7H2,1-5H3/t9-,10?/m1/s1. The summed E-state index contributed by atoms with van der Waals surface area (Å²) in [7, 11) is 0. The fourth-order valence-electron chi connectivity index (χ4n) is 2.41. The molecule has 3 heteroatoms. The van der Waals surface area contributed by atoms with Gasteiger partial charge in [0.2, 0.25) is 5.91 Å². The largest absolute Gasteiger partial charge is 0.335 e. The third kappa shape index (κ3) is 2.27. The number of carbonyl (C=O) groups excluding carboxylic acids is 1. The van der Waals surface area contributed by atoms with Gasteiger partial charge in [0.1, 0.15) is 0 Å². The monoisotopic (exact) mass is 198 g/mol. The van der Waals surface area contributed by atoms with Gasteiger partial charge in [-0.3, -0.25) is 9.69 Å². The Hall–Kier alpha value is -0.570. The molecule has 1 aliphatic rings. The molecule has 3 nitrogen and oxygen atoms in total. The van der Waals surface area contributed by atoms with Gasteiger partial charge in [-0.1, -0.05) is 0 Å². The van der Waals surface area contributed by atoms with Crippen LogP contribution in [0, 0.1) is 0 Å². The summed E-state index contributed by atoms with van der Waals surface area (Å²) in [5.74, 6) is 0.202. The molecule has 1 rings (SSSR count). The van der Waals surface area contributed by atoms with Gasteiger partial charge in [-0.15, -0.1) is 0 Å². The molecule has 0 aliphatic carbocycles. The number of nitrogens with zero attached hydrogens (tertiary/aromatic N) is 2. The number of carbonyl (C=O) groups is 1. The molecule has 2 atom stereocenters. The average Bonchev–Trinajstić information content (AvgIpc) is 2.01. The van der Waals surface area contributed by atoms with Crippen molar-refractivity contribution in [1.29, 1.82) is 0 Å². The van der Waals surface area contributed by atoms with Crippen LogP contribution >= 0.6 is 0 Å². The van der Waals surface area contributed by atoms with E-state index in [-0.39, 0.29) is 5.91 Å². The Morgan fingerprint density at radius 2 is 1.64 bits per heavy atom. The summed E-state index contributed by atoms with van der Waals surface area (Å²) < 4.78 is 0. The molecule has 1 fully saturated rings. The van der Waals surface area contributed by atoms with Crippen molar-refractivity contribution in [3.63, 3.8) is 0 Å². The number of rotatable bonds is 1. The number of hydrogen-bond acceptors (Lipinski definition) is 2. The molecule has 0 spiro atoms. The Bertz CT molecular complexity index is 203. The van der Waals surface area contributed by atoms with Gasteiger partial charge in [-0.2, -0.15) is 0 Å². The summed E-state index contributed by atoms with van der Waals surface area (Å²) in [4.78, 5) is 15.8. The van der Waals surface area contributed by atoms with Crippen LogP contribution in [0.1, 0.15) is 34.6 Å². The van der Waals surface area contributed by atoms with Crippen LogP contribution in [0.3, 0.4) is 0 Å². The Balaban J connectivity index is 2.68. The van der Waals surface area contributed by atoms with Crippen molar-refractivity contribution < 1.29 is 4.79 Å². The number of amides is 1. The lowest BCUT2D eigenvalue weighted by Crippen LogP contribution is -2.59. The zero-order valence-electron chi connectivity index (χ0n) is 9.95. The summed E-state index contributed by atoms with van der Waals surface area (Å²) in [5, 5.41) is 0. The van der Waals surface area contributed by atoms with Crippen LogP contribution in [0.4, 0.5) is 0 Å². The maximum atomic E-state index is 11.4. The van der Waals surface area contributed by atoms with Gasteiger partial charge in [-0.05, 0) is 27.7 Å². The highest BCUT2D eigenvalue weighted by Crippen LogP contribution is 2.17. The molecule has 0 radical (unpaired) electrons. The highest BCUT2D eigenvalue weighted by Gasteiger charge is 2.31. The van der Waals surface area contributed by atoms with E-state index in [0.717, 1.165) is 13.1 Å². The topological polar surface area (TPSA) is 23.6 Å². The van der Waals surface area contributed by atoms with E-state index in [1.54, 1.807) is 6.92 Å². The van der Waals surface area contributed by atoms with Gasteiger partial charge in [0.15, 0.2) is 0 Å². The van der Waals surface area contributed by atoms with Crippen molar-refractivity contribution in [2.24, 2.45) is 0 Å². The van der Waals surface area contributed by atoms with E-state index < -0.39 is 0 Å². The molecule has 0 bridgehead atoms. The summed E-state index contributed by atoms with van der Waals surface area (Å²) in [6.45, 7) is 12.4. The fraction of sp³-hybridized carbons (Fsp3) is 0.909. The Kier molecular flexibility index (Phi) is 3.53. The van der Waals surface area contributed by atoms with Crippen LogP contribution in [-0.2, 0) is 4.79 Å². The first-order chi connectivity index (χ1) is 6.43. The van der Waals surface area contributed by atoms with Gasteiger partial charge >= 0.3 is 0 Å².